The maximum Gasteiger partial charge on any atom is 0.184 e. The number of thiocarbonyl (C=S) groups is 1. The van der Waals surface area contributed by atoms with Gasteiger partial charge in [-0.15, -0.1) is 0 Å². The number of fused-ring (bicyclic) bond motifs is 5. The average molecular weight is 460 g/mol. The molecule has 3 N–H and O–H groups in total. The number of hydrogen-bond acceptors (Lipinski definition) is 2. The van der Waals surface area contributed by atoms with Gasteiger partial charge in [-0.25, -0.2) is 0 Å². The van der Waals surface area contributed by atoms with Gasteiger partial charge in [0.2, 0.25) is 0 Å². The second-order valence-corrected chi connectivity index (χ2v) is 13.4. The number of nitrogens with one attached hydrogen (secondary N) is 1. The highest BCUT2D eigenvalue weighted by atomic mass is 32.1. The highest BCUT2D eigenvalue weighted by Gasteiger charge is 2.61. The van der Waals surface area contributed by atoms with Gasteiger partial charge in [0.05, 0.1) is 0 Å². The summed E-state index contributed by atoms with van der Waals surface area (Å²) in [6.45, 7) is 12.6. The Labute approximate surface area is 203 Å². The Bertz CT molecular complexity index is 717. The molecule has 3 nitrogen and oxygen atoms in total. The zero-order valence-corrected chi connectivity index (χ0v) is 22.3. The van der Waals surface area contributed by atoms with Crippen LogP contribution in [0.3, 0.4) is 0 Å². The van der Waals surface area contributed by atoms with E-state index in [0.29, 0.717) is 21.9 Å². The molecule has 0 spiro atoms. The fourth-order valence-corrected chi connectivity index (χ4v) is 9.44. The molecule has 0 aromatic rings. The first-order chi connectivity index (χ1) is 15.2. The monoisotopic (exact) mass is 459 g/mol. The fraction of sp³-hybridized carbons (Fsp3) is 0.929. The molecule has 0 amide bonds. The van der Waals surface area contributed by atoms with Crippen LogP contribution in [0.25, 0.3) is 0 Å². The van der Waals surface area contributed by atoms with Crippen molar-refractivity contribution in [2.45, 2.75) is 112 Å². The van der Waals surface area contributed by atoms with E-state index < -0.39 is 0 Å². The van der Waals surface area contributed by atoms with Crippen LogP contribution in [0.15, 0.2) is 5.10 Å². The van der Waals surface area contributed by atoms with E-state index >= 15 is 0 Å². The van der Waals surface area contributed by atoms with Crippen molar-refractivity contribution >= 4 is 23.0 Å². The van der Waals surface area contributed by atoms with Gasteiger partial charge in [0, 0.05) is 11.6 Å². The maximum absolute atomic E-state index is 5.77. The molecule has 0 bridgehead atoms. The van der Waals surface area contributed by atoms with Gasteiger partial charge in [0.25, 0.3) is 0 Å². The molecular weight excluding hydrogens is 410 g/mol. The topological polar surface area (TPSA) is 50.4 Å². The molecule has 4 heteroatoms. The molecule has 0 aromatic carbocycles. The summed E-state index contributed by atoms with van der Waals surface area (Å²) in [6, 6.07) is 0. The molecule has 0 unspecified atom stereocenters. The molecule has 4 rings (SSSR count). The Kier molecular flexibility index (Phi) is 7.30. The van der Waals surface area contributed by atoms with Crippen LogP contribution in [0, 0.1) is 52.3 Å². The Morgan fingerprint density at radius 1 is 1.03 bits per heavy atom. The summed E-state index contributed by atoms with van der Waals surface area (Å²) >= 11 is 5.10. The third-order valence-corrected chi connectivity index (χ3v) is 11.0. The van der Waals surface area contributed by atoms with Crippen molar-refractivity contribution in [2.75, 3.05) is 0 Å². The summed E-state index contributed by atoms with van der Waals surface area (Å²) in [7, 11) is 0. The second kappa shape index (κ2) is 9.55. The van der Waals surface area contributed by atoms with E-state index in [0.717, 1.165) is 35.5 Å². The lowest BCUT2D eigenvalue weighted by Crippen LogP contribution is -2.56. The normalized spacial score (nSPS) is 43.4. The zero-order valence-electron chi connectivity index (χ0n) is 21.5. The summed E-state index contributed by atoms with van der Waals surface area (Å²) in [5.41, 5.74) is 11.1. The Morgan fingerprint density at radius 3 is 2.50 bits per heavy atom. The summed E-state index contributed by atoms with van der Waals surface area (Å²) in [5.74, 6) is 5.78. The van der Waals surface area contributed by atoms with Gasteiger partial charge >= 0.3 is 0 Å². The van der Waals surface area contributed by atoms with Gasteiger partial charge in [0.1, 0.15) is 0 Å². The fourth-order valence-electron chi connectivity index (χ4n) is 9.40. The molecule has 4 aliphatic carbocycles. The molecule has 0 saturated heterocycles. The smallest absolute Gasteiger partial charge is 0.184 e. The minimum atomic E-state index is 0.307. The Hall–Kier alpha value is -0.640. The van der Waals surface area contributed by atoms with Crippen LogP contribution in [-0.4, -0.2) is 10.8 Å². The third-order valence-electron chi connectivity index (χ3n) is 10.9. The lowest BCUT2D eigenvalue weighted by molar-refractivity contribution is -0.0798. The molecule has 32 heavy (non-hydrogen) atoms. The highest BCUT2D eigenvalue weighted by Crippen LogP contribution is 2.68. The predicted octanol–water partition coefficient (Wildman–Crippen LogP) is 7.30. The number of nitrogens with zero attached hydrogens (tertiary/aromatic N) is 1. The molecule has 0 radical (unpaired) electrons. The summed E-state index contributed by atoms with van der Waals surface area (Å²) < 4.78 is 0. The lowest BCUT2D eigenvalue weighted by atomic mass is 9.44. The van der Waals surface area contributed by atoms with Gasteiger partial charge in [-0.1, -0.05) is 66.7 Å². The van der Waals surface area contributed by atoms with Crippen LogP contribution < -0.4 is 11.2 Å². The molecule has 4 saturated carbocycles. The first kappa shape index (κ1) is 24.5. The molecule has 0 aliphatic heterocycles. The minimum Gasteiger partial charge on any atom is -0.375 e. The van der Waals surface area contributed by atoms with Gasteiger partial charge in [-0.3, -0.25) is 5.43 Å². The molecular formula is C28H49N3S. The van der Waals surface area contributed by atoms with E-state index in [1.54, 1.807) is 0 Å². The van der Waals surface area contributed by atoms with Crippen LogP contribution in [0.2, 0.25) is 0 Å². The van der Waals surface area contributed by atoms with Crippen LogP contribution in [0.1, 0.15) is 112 Å². The highest BCUT2D eigenvalue weighted by molar-refractivity contribution is 7.80. The Morgan fingerprint density at radius 2 is 1.78 bits per heavy atom. The maximum atomic E-state index is 5.77. The van der Waals surface area contributed by atoms with Crippen LogP contribution in [0.5, 0.6) is 0 Å². The Balaban J connectivity index is 1.56. The molecule has 8 atom stereocenters. The van der Waals surface area contributed by atoms with E-state index in [4.69, 9.17) is 23.1 Å². The van der Waals surface area contributed by atoms with E-state index in [2.05, 4.69) is 40.0 Å². The van der Waals surface area contributed by atoms with Gasteiger partial charge in [0.15, 0.2) is 5.11 Å². The summed E-state index contributed by atoms with van der Waals surface area (Å²) in [6.07, 6.45) is 16.6. The molecule has 4 aliphatic rings. The predicted molar refractivity (Wildman–Crippen MR) is 140 cm³/mol. The van der Waals surface area contributed by atoms with E-state index in [1.807, 2.05) is 0 Å². The van der Waals surface area contributed by atoms with Gasteiger partial charge in [-0.05, 0) is 104 Å². The van der Waals surface area contributed by atoms with Crippen molar-refractivity contribution in [1.82, 2.24) is 5.43 Å². The molecule has 0 aromatic heterocycles. The minimum absolute atomic E-state index is 0.307. The molecule has 4 fully saturated rings. The standard InChI is InChI=1S/C28H49N3S/c1-18(2)9-8-10-19(3)21-12-13-22-20-17-25(30-31-26(29)32)24-11-6-7-15-27(24,4)23(20)14-16-28(21,22)5/h18-24H,6-17H2,1-5H3,(H3,29,31,32)/b30-25+/t19-,20+,21-,22+,23+,24-,27-,28-/m1/s1. The van der Waals surface area contributed by atoms with E-state index in [-0.39, 0.29) is 0 Å². The average Bonchev–Trinajstić information content (AvgIpc) is 3.08. The third kappa shape index (κ3) is 4.39. The number of rotatable bonds is 6. The number of hydrazone groups is 1. The number of nitrogens with two attached hydrogens (primary N) is 1. The SMILES string of the molecule is CC(C)CCC[C@@H](C)[C@H]1CC[C@H]2[C@@H]3C/C(=N\NC(N)=S)[C@H]4CCCC[C@]4(C)[C@H]3CC[C@]12C. The van der Waals surface area contributed by atoms with Crippen molar-refractivity contribution in [3.05, 3.63) is 0 Å². The van der Waals surface area contributed by atoms with Crippen LogP contribution >= 0.6 is 12.2 Å². The summed E-state index contributed by atoms with van der Waals surface area (Å²) in [5, 5.41) is 5.16. The second-order valence-electron chi connectivity index (χ2n) is 13.0. The first-order valence-corrected chi connectivity index (χ1v) is 14.2. The first-order valence-electron chi connectivity index (χ1n) is 13.8. The van der Waals surface area contributed by atoms with Gasteiger partial charge < -0.3 is 5.73 Å². The van der Waals surface area contributed by atoms with E-state index in [1.165, 1.54) is 82.8 Å². The van der Waals surface area contributed by atoms with Crippen molar-refractivity contribution in [1.29, 1.82) is 0 Å². The lowest BCUT2D eigenvalue weighted by Gasteiger charge is -2.61. The summed E-state index contributed by atoms with van der Waals surface area (Å²) in [4.78, 5) is 0. The largest absolute Gasteiger partial charge is 0.375 e. The van der Waals surface area contributed by atoms with Crippen LogP contribution in [-0.2, 0) is 0 Å². The van der Waals surface area contributed by atoms with E-state index in [9.17, 15) is 0 Å². The quantitative estimate of drug-likeness (QED) is 0.324. The van der Waals surface area contributed by atoms with Crippen molar-refractivity contribution in [3.63, 3.8) is 0 Å². The van der Waals surface area contributed by atoms with Crippen molar-refractivity contribution in [2.24, 2.45) is 63.1 Å². The molecule has 182 valence electrons. The molecule has 0 heterocycles. The van der Waals surface area contributed by atoms with Crippen LogP contribution in [0.4, 0.5) is 0 Å². The van der Waals surface area contributed by atoms with Crippen molar-refractivity contribution < 1.29 is 0 Å². The zero-order chi connectivity index (χ0) is 23.1. The van der Waals surface area contributed by atoms with Gasteiger partial charge in [-0.2, -0.15) is 5.10 Å². The number of hydrogen-bond donors (Lipinski definition) is 2. The van der Waals surface area contributed by atoms with Crippen molar-refractivity contribution in [3.8, 4) is 0 Å².